The van der Waals surface area contributed by atoms with Gasteiger partial charge in [-0.25, -0.2) is 18.3 Å². The lowest BCUT2D eigenvalue weighted by molar-refractivity contribution is -0.142. The van der Waals surface area contributed by atoms with Crippen LogP contribution >= 0.6 is 0 Å². The average molecular weight is 619 g/mol. The molecule has 1 aromatic rings. The number of rotatable bonds is 29. The van der Waals surface area contributed by atoms with E-state index in [9.17, 15) is 22.8 Å². The van der Waals surface area contributed by atoms with Crippen molar-refractivity contribution in [2.75, 3.05) is 38.7 Å². The van der Waals surface area contributed by atoms with Gasteiger partial charge in [0.05, 0.1) is 25.6 Å². The van der Waals surface area contributed by atoms with Gasteiger partial charge in [-0.15, -0.1) is 5.10 Å². The Hall–Kier alpha value is -2.65. The van der Waals surface area contributed by atoms with E-state index in [1.165, 1.54) is 51.4 Å². The summed E-state index contributed by atoms with van der Waals surface area (Å²) >= 11 is 0. The van der Waals surface area contributed by atoms with E-state index in [1.807, 2.05) is 0 Å². The molecule has 0 aliphatic heterocycles. The Morgan fingerprint density at radius 3 is 1.90 bits per heavy atom. The molecule has 0 bridgehead atoms. The highest BCUT2D eigenvalue weighted by Crippen LogP contribution is 2.13. The Labute approximate surface area is 249 Å². The van der Waals surface area contributed by atoms with Gasteiger partial charge >= 0.3 is 5.97 Å². The van der Waals surface area contributed by atoms with Crippen LogP contribution in [0.25, 0.3) is 0 Å². The SMILES string of the molecule is O=C(O)COCCOCCNC(=O)CCCS(=O)(=O)NC(=O)CCCCCCCCCCCCCCCc1nnn[nH]1. The molecule has 1 aromatic heterocycles. The topological polar surface area (TPSA) is 203 Å². The van der Waals surface area contributed by atoms with Crippen LogP contribution in [0.2, 0.25) is 0 Å². The molecule has 0 fully saturated rings. The number of carboxylic acids is 1. The van der Waals surface area contributed by atoms with Gasteiger partial charge in [0.25, 0.3) is 0 Å². The van der Waals surface area contributed by atoms with Crippen LogP contribution in [0, 0.1) is 0 Å². The summed E-state index contributed by atoms with van der Waals surface area (Å²) in [5.41, 5.74) is 0. The van der Waals surface area contributed by atoms with Crippen LogP contribution in [-0.2, 0) is 40.3 Å². The van der Waals surface area contributed by atoms with Crippen molar-refractivity contribution in [1.29, 1.82) is 0 Å². The zero-order valence-electron chi connectivity index (χ0n) is 24.8. The number of carboxylic acid groups (broad SMARTS) is 1. The maximum absolute atomic E-state index is 12.1. The summed E-state index contributed by atoms with van der Waals surface area (Å²) in [7, 11) is -3.77. The molecule has 242 valence electrons. The van der Waals surface area contributed by atoms with Crippen LogP contribution < -0.4 is 10.0 Å². The molecule has 0 aliphatic rings. The van der Waals surface area contributed by atoms with Crippen molar-refractivity contribution in [3.05, 3.63) is 5.82 Å². The second-order valence-electron chi connectivity index (χ2n) is 10.3. The number of amides is 2. The maximum atomic E-state index is 12.1. The van der Waals surface area contributed by atoms with Crippen LogP contribution in [0.15, 0.2) is 0 Å². The van der Waals surface area contributed by atoms with Crippen molar-refractivity contribution in [1.82, 2.24) is 30.7 Å². The predicted molar refractivity (Wildman–Crippen MR) is 156 cm³/mol. The van der Waals surface area contributed by atoms with Crippen LogP contribution in [0.1, 0.15) is 109 Å². The van der Waals surface area contributed by atoms with Gasteiger partial charge in [0.1, 0.15) is 12.4 Å². The average Bonchev–Trinajstić information content (AvgIpc) is 3.45. The molecule has 1 rings (SSSR count). The summed E-state index contributed by atoms with van der Waals surface area (Å²) in [6.45, 7) is 0.417. The van der Waals surface area contributed by atoms with E-state index in [-0.39, 0.29) is 57.3 Å². The van der Waals surface area contributed by atoms with Gasteiger partial charge in [-0.3, -0.25) is 14.3 Å². The van der Waals surface area contributed by atoms with Crippen molar-refractivity contribution in [3.63, 3.8) is 0 Å². The van der Waals surface area contributed by atoms with Gasteiger partial charge in [0.2, 0.25) is 21.8 Å². The number of aliphatic carboxylic acids is 1. The first-order valence-electron chi connectivity index (χ1n) is 15.2. The maximum Gasteiger partial charge on any atom is 0.329 e. The molecule has 0 aromatic carbocycles. The second kappa shape index (κ2) is 24.9. The highest BCUT2D eigenvalue weighted by molar-refractivity contribution is 7.90. The van der Waals surface area contributed by atoms with E-state index in [1.54, 1.807) is 0 Å². The number of hydrogen-bond acceptors (Lipinski definition) is 10. The number of H-pyrrole nitrogens is 1. The van der Waals surface area contributed by atoms with Crippen LogP contribution in [0.3, 0.4) is 0 Å². The highest BCUT2D eigenvalue weighted by Gasteiger charge is 2.15. The first kappa shape index (κ1) is 37.4. The summed E-state index contributed by atoms with van der Waals surface area (Å²) in [5.74, 6) is -1.31. The Morgan fingerprint density at radius 1 is 0.738 bits per heavy atom. The molecule has 0 saturated carbocycles. The largest absolute Gasteiger partial charge is 0.480 e. The fraction of sp³-hybridized carbons (Fsp3) is 0.852. The third-order valence-electron chi connectivity index (χ3n) is 6.46. The summed E-state index contributed by atoms with van der Waals surface area (Å²) in [6.07, 6.45) is 16.0. The van der Waals surface area contributed by atoms with Gasteiger partial charge in [0, 0.05) is 25.8 Å². The number of aryl methyl sites for hydroxylation is 1. The number of carbonyl (C=O) groups excluding carboxylic acids is 2. The molecular weight excluding hydrogens is 568 g/mol. The number of aromatic nitrogens is 4. The van der Waals surface area contributed by atoms with E-state index in [0.717, 1.165) is 37.9 Å². The molecule has 14 nitrogen and oxygen atoms in total. The number of sulfonamides is 1. The number of carbonyl (C=O) groups is 3. The highest BCUT2D eigenvalue weighted by atomic mass is 32.2. The number of ether oxygens (including phenoxy) is 2. The number of nitrogens with one attached hydrogen (secondary N) is 3. The molecule has 0 radical (unpaired) electrons. The fourth-order valence-corrected chi connectivity index (χ4v) is 5.31. The molecule has 0 aliphatic carbocycles. The third kappa shape index (κ3) is 24.0. The summed E-state index contributed by atoms with van der Waals surface area (Å²) < 4.78 is 36.3. The predicted octanol–water partition coefficient (Wildman–Crippen LogP) is 2.66. The van der Waals surface area contributed by atoms with E-state index >= 15 is 0 Å². The van der Waals surface area contributed by atoms with Gasteiger partial charge in [0.15, 0.2) is 0 Å². The Kier molecular flexibility index (Phi) is 22.2. The normalized spacial score (nSPS) is 11.4. The van der Waals surface area contributed by atoms with E-state index in [0.29, 0.717) is 6.42 Å². The molecule has 0 unspecified atom stereocenters. The fourth-order valence-electron chi connectivity index (χ4n) is 4.24. The van der Waals surface area contributed by atoms with Crippen molar-refractivity contribution in [3.8, 4) is 0 Å². The molecule has 15 heteroatoms. The smallest absolute Gasteiger partial charge is 0.329 e. The van der Waals surface area contributed by atoms with Crippen molar-refractivity contribution in [2.24, 2.45) is 0 Å². The van der Waals surface area contributed by atoms with Crippen molar-refractivity contribution < 1.29 is 37.4 Å². The number of aromatic amines is 1. The molecule has 0 spiro atoms. The monoisotopic (exact) mass is 618 g/mol. The second-order valence-corrected chi connectivity index (χ2v) is 12.1. The standard InChI is InChI=1S/C27H50N6O8S/c34-25(28-18-19-40-20-21-41-23-27(36)37)17-14-22-42(38,39)31-26(35)16-13-11-9-7-5-3-1-2-4-6-8-10-12-15-24-29-32-33-30-24/h1-23H2,(H,28,34)(H,31,35)(H,36,37)(H,29,30,32,33). The lowest BCUT2D eigenvalue weighted by Crippen LogP contribution is -2.33. The minimum atomic E-state index is -3.77. The van der Waals surface area contributed by atoms with Gasteiger partial charge in [-0.2, -0.15) is 0 Å². The zero-order chi connectivity index (χ0) is 30.7. The van der Waals surface area contributed by atoms with Gasteiger partial charge in [-0.05, 0) is 29.7 Å². The minimum absolute atomic E-state index is 0.0143. The Bertz CT molecular complexity index is 946. The molecular formula is C27H50N6O8S. The number of unbranched alkanes of at least 4 members (excludes halogenated alkanes) is 12. The lowest BCUT2D eigenvalue weighted by Gasteiger charge is -2.08. The summed E-state index contributed by atoms with van der Waals surface area (Å²) in [5, 5.41) is 24.9. The molecule has 42 heavy (non-hydrogen) atoms. The van der Waals surface area contributed by atoms with Crippen LogP contribution in [0.5, 0.6) is 0 Å². The molecule has 1 heterocycles. The Balaban J connectivity index is 1.86. The molecule has 2 amide bonds. The quantitative estimate of drug-likeness (QED) is 0.0961. The van der Waals surface area contributed by atoms with Crippen LogP contribution in [0.4, 0.5) is 0 Å². The van der Waals surface area contributed by atoms with Crippen molar-refractivity contribution >= 4 is 27.8 Å². The number of hydrogen-bond donors (Lipinski definition) is 4. The molecule has 4 N–H and O–H groups in total. The van der Waals surface area contributed by atoms with Gasteiger partial charge < -0.3 is 19.9 Å². The van der Waals surface area contributed by atoms with Gasteiger partial charge in [-0.1, -0.05) is 70.6 Å². The lowest BCUT2D eigenvalue weighted by atomic mass is 10.0. The Morgan fingerprint density at radius 2 is 1.31 bits per heavy atom. The number of tetrazole rings is 1. The summed E-state index contributed by atoms with van der Waals surface area (Å²) in [4.78, 5) is 34.1. The van der Waals surface area contributed by atoms with Crippen LogP contribution in [-0.4, -0.2) is 90.7 Å². The van der Waals surface area contributed by atoms with E-state index in [2.05, 4.69) is 30.7 Å². The first-order chi connectivity index (χ1) is 20.3. The third-order valence-corrected chi connectivity index (χ3v) is 7.82. The minimum Gasteiger partial charge on any atom is -0.480 e. The summed E-state index contributed by atoms with van der Waals surface area (Å²) in [6, 6.07) is 0. The first-order valence-corrected chi connectivity index (χ1v) is 16.8. The van der Waals surface area contributed by atoms with E-state index in [4.69, 9.17) is 14.6 Å². The zero-order valence-corrected chi connectivity index (χ0v) is 25.6. The molecule has 0 atom stereocenters. The number of nitrogens with zero attached hydrogens (tertiary/aromatic N) is 3. The van der Waals surface area contributed by atoms with E-state index < -0.39 is 28.5 Å². The molecule has 0 saturated heterocycles. The van der Waals surface area contributed by atoms with Crippen molar-refractivity contribution in [2.45, 2.75) is 109 Å².